The number of carbonyl (C=O) groups is 1. The highest BCUT2D eigenvalue weighted by molar-refractivity contribution is 6.05. The Morgan fingerprint density at radius 3 is 2.48 bits per heavy atom. The highest BCUT2D eigenvalue weighted by Crippen LogP contribution is 2.37. The van der Waals surface area contributed by atoms with Gasteiger partial charge in [-0.05, 0) is 32.6 Å². The SMILES string of the molecule is CCN1C(=O)[C@H](C)N(C)c2cc(NC[C@H]3C[C@@H](Oc4cc(F)c(F)c(F)c4)C3)ncc21. The molecule has 1 atom stereocenters. The summed E-state index contributed by atoms with van der Waals surface area (Å²) in [6.45, 7) is 5.09. The van der Waals surface area contributed by atoms with Gasteiger partial charge in [0.15, 0.2) is 17.5 Å². The predicted molar refractivity (Wildman–Crippen MR) is 112 cm³/mol. The Hall–Kier alpha value is -2.97. The van der Waals surface area contributed by atoms with Gasteiger partial charge in [-0.3, -0.25) is 4.79 Å². The second kappa shape index (κ2) is 8.28. The number of pyridine rings is 1. The minimum Gasteiger partial charge on any atom is -0.490 e. The van der Waals surface area contributed by atoms with Gasteiger partial charge < -0.3 is 19.9 Å². The van der Waals surface area contributed by atoms with Gasteiger partial charge in [-0.25, -0.2) is 18.2 Å². The van der Waals surface area contributed by atoms with Gasteiger partial charge in [-0.1, -0.05) is 0 Å². The molecule has 0 saturated heterocycles. The molecule has 0 spiro atoms. The van der Waals surface area contributed by atoms with Crippen molar-refractivity contribution in [3.63, 3.8) is 0 Å². The molecule has 1 amide bonds. The van der Waals surface area contributed by atoms with Gasteiger partial charge in [0.1, 0.15) is 17.6 Å². The van der Waals surface area contributed by atoms with E-state index in [-0.39, 0.29) is 23.8 Å². The van der Waals surface area contributed by atoms with Crippen LogP contribution < -0.4 is 19.9 Å². The van der Waals surface area contributed by atoms with Crippen LogP contribution in [-0.4, -0.2) is 43.2 Å². The Bertz CT molecular complexity index is 974. The number of halogens is 3. The lowest BCUT2D eigenvalue weighted by Gasteiger charge is -2.39. The second-order valence-electron chi connectivity index (χ2n) is 8.09. The monoisotopic (exact) mass is 434 g/mol. The average Bonchev–Trinajstić information content (AvgIpc) is 2.72. The van der Waals surface area contributed by atoms with Crippen LogP contribution in [0, 0.1) is 23.4 Å². The first-order valence-corrected chi connectivity index (χ1v) is 10.4. The van der Waals surface area contributed by atoms with E-state index in [1.165, 1.54) is 0 Å². The molecule has 0 unspecified atom stereocenters. The number of rotatable bonds is 6. The molecular formula is C22H25F3N4O2. The van der Waals surface area contributed by atoms with Crippen molar-refractivity contribution in [2.24, 2.45) is 5.92 Å². The van der Waals surface area contributed by atoms with Crippen molar-refractivity contribution in [1.82, 2.24) is 4.98 Å². The standard InChI is InChI=1S/C22H25F3N4O2/c1-4-29-19-11-27-20(9-18(19)28(3)12(2)22(29)30)26-10-13-5-14(6-13)31-15-7-16(23)21(25)17(24)8-15/h7-9,11-14H,4-6,10H2,1-3H3,(H,26,27)/t12-,13-,14+/m0/s1. The molecule has 0 radical (unpaired) electrons. The quantitative estimate of drug-likeness (QED) is 0.698. The summed E-state index contributed by atoms with van der Waals surface area (Å²) in [5, 5.41) is 3.32. The van der Waals surface area contributed by atoms with E-state index < -0.39 is 17.5 Å². The maximum atomic E-state index is 13.3. The number of nitrogens with one attached hydrogen (secondary N) is 1. The molecule has 1 fully saturated rings. The molecule has 2 aliphatic rings. The Kier molecular flexibility index (Phi) is 5.68. The molecule has 1 aromatic carbocycles. The van der Waals surface area contributed by atoms with Crippen molar-refractivity contribution in [2.75, 3.05) is 35.3 Å². The largest absolute Gasteiger partial charge is 0.490 e. The number of anilines is 3. The first-order valence-electron chi connectivity index (χ1n) is 10.4. The summed E-state index contributed by atoms with van der Waals surface area (Å²) in [7, 11) is 1.90. The van der Waals surface area contributed by atoms with E-state index in [9.17, 15) is 18.0 Å². The number of hydrogen-bond donors (Lipinski definition) is 1. The zero-order valence-electron chi connectivity index (χ0n) is 17.7. The molecule has 1 aliphatic carbocycles. The topological polar surface area (TPSA) is 57.7 Å². The number of likely N-dealkylation sites (N-methyl/N-ethyl adjacent to an activating group) is 2. The van der Waals surface area contributed by atoms with E-state index in [2.05, 4.69) is 10.3 Å². The first-order chi connectivity index (χ1) is 14.8. The van der Waals surface area contributed by atoms with Crippen LogP contribution in [0.1, 0.15) is 26.7 Å². The van der Waals surface area contributed by atoms with Gasteiger partial charge in [-0.2, -0.15) is 0 Å². The maximum absolute atomic E-state index is 13.3. The third-order valence-electron chi connectivity index (χ3n) is 6.08. The van der Waals surface area contributed by atoms with Gasteiger partial charge in [0.2, 0.25) is 5.91 Å². The summed E-state index contributed by atoms with van der Waals surface area (Å²) in [6.07, 6.45) is 2.98. The number of aromatic nitrogens is 1. The van der Waals surface area contributed by atoms with Crippen LogP contribution in [-0.2, 0) is 4.79 Å². The van der Waals surface area contributed by atoms with E-state index in [0.29, 0.717) is 31.8 Å². The molecule has 1 aromatic heterocycles. The van der Waals surface area contributed by atoms with Crippen molar-refractivity contribution in [1.29, 1.82) is 0 Å². The first kappa shape index (κ1) is 21.3. The molecule has 1 N–H and O–H groups in total. The summed E-state index contributed by atoms with van der Waals surface area (Å²) < 4.78 is 45.2. The fourth-order valence-electron chi connectivity index (χ4n) is 4.05. The lowest BCUT2D eigenvalue weighted by molar-refractivity contribution is -0.119. The number of ether oxygens (including phenoxy) is 1. The van der Waals surface area contributed by atoms with Crippen molar-refractivity contribution in [3.8, 4) is 5.75 Å². The van der Waals surface area contributed by atoms with Crippen LogP contribution in [0.2, 0.25) is 0 Å². The number of benzene rings is 1. The molecular weight excluding hydrogens is 409 g/mol. The van der Waals surface area contributed by atoms with Crippen molar-refractivity contribution in [3.05, 3.63) is 41.8 Å². The van der Waals surface area contributed by atoms with Crippen molar-refractivity contribution >= 4 is 23.1 Å². The fraction of sp³-hybridized carbons (Fsp3) is 0.455. The number of nitrogens with zero attached hydrogens (tertiary/aromatic N) is 3. The smallest absolute Gasteiger partial charge is 0.249 e. The maximum Gasteiger partial charge on any atom is 0.249 e. The molecule has 31 heavy (non-hydrogen) atoms. The van der Waals surface area contributed by atoms with Crippen LogP contribution in [0.25, 0.3) is 0 Å². The van der Waals surface area contributed by atoms with Crippen molar-refractivity contribution in [2.45, 2.75) is 38.8 Å². The van der Waals surface area contributed by atoms with E-state index in [0.717, 1.165) is 29.3 Å². The number of amides is 1. The van der Waals surface area contributed by atoms with E-state index in [1.54, 1.807) is 11.1 Å². The van der Waals surface area contributed by atoms with Gasteiger partial charge in [0.25, 0.3) is 0 Å². The Morgan fingerprint density at radius 1 is 1.16 bits per heavy atom. The summed E-state index contributed by atoms with van der Waals surface area (Å²) in [6, 6.07) is 3.43. The highest BCUT2D eigenvalue weighted by Gasteiger charge is 2.34. The summed E-state index contributed by atoms with van der Waals surface area (Å²) in [5.41, 5.74) is 1.75. The van der Waals surface area contributed by atoms with Crippen LogP contribution >= 0.6 is 0 Å². The lowest BCUT2D eigenvalue weighted by Crippen LogP contribution is -2.50. The minimum atomic E-state index is -1.49. The lowest BCUT2D eigenvalue weighted by atomic mass is 9.82. The highest BCUT2D eigenvalue weighted by atomic mass is 19.2. The number of carbonyl (C=O) groups excluding carboxylic acids is 1. The summed E-state index contributed by atoms with van der Waals surface area (Å²) >= 11 is 0. The van der Waals surface area contributed by atoms with Crippen LogP contribution in [0.3, 0.4) is 0 Å². The van der Waals surface area contributed by atoms with E-state index >= 15 is 0 Å². The third-order valence-corrected chi connectivity index (χ3v) is 6.08. The molecule has 0 bridgehead atoms. The molecule has 166 valence electrons. The zero-order chi connectivity index (χ0) is 22.3. The average molecular weight is 434 g/mol. The molecule has 2 heterocycles. The molecule has 2 aromatic rings. The summed E-state index contributed by atoms with van der Waals surface area (Å²) in [4.78, 5) is 20.6. The van der Waals surface area contributed by atoms with E-state index in [1.807, 2.05) is 31.9 Å². The van der Waals surface area contributed by atoms with Gasteiger partial charge in [-0.15, -0.1) is 0 Å². The molecule has 1 aliphatic heterocycles. The molecule has 4 rings (SSSR count). The third kappa shape index (κ3) is 4.00. The molecule has 1 saturated carbocycles. The van der Waals surface area contributed by atoms with Crippen LogP contribution in [0.4, 0.5) is 30.4 Å². The van der Waals surface area contributed by atoms with Crippen molar-refractivity contribution < 1.29 is 22.7 Å². The Balaban J connectivity index is 1.33. The molecule has 6 nitrogen and oxygen atoms in total. The Labute approximate surface area is 179 Å². The molecule has 9 heteroatoms. The zero-order valence-corrected chi connectivity index (χ0v) is 17.7. The normalized spacial score (nSPS) is 22.8. The van der Waals surface area contributed by atoms with Gasteiger partial charge in [0, 0.05) is 38.3 Å². The minimum absolute atomic E-state index is 0.00338. The fourth-order valence-corrected chi connectivity index (χ4v) is 4.05. The van der Waals surface area contributed by atoms with E-state index in [4.69, 9.17) is 4.74 Å². The number of hydrogen-bond acceptors (Lipinski definition) is 5. The van der Waals surface area contributed by atoms with Crippen LogP contribution in [0.15, 0.2) is 24.4 Å². The summed E-state index contributed by atoms with van der Waals surface area (Å²) in [5.74, 6) is -2.91. The second-order valence-corrected chi connectivity index (χ2v) is 8.09. The van der Waals surface area contributed by atoms with Gasteiger partial charge in [0.05, 0.1) is 23.7 Å². The Morgan fingerprint density at radius 2 is 1.84 bits per heavy atom. The predicted octanol–water partition coefficient (Wildman–Crippen LogP) is 3.96. The van der Waals surface area contributed by atoms with Gasteiger partial charge >= 0.3 is 0 Å². The van der Waals surface area contributed by atoms with Crippen LogP contribution in [0.5, 0.6) is 5.75 Å². The number of fused-ring (bicyclic) bond motifs is 1.